The third-order valence-corrected chi connectivity index (χ3v) is 4.53. The number of fused-ring (bicyclic) bond motifs is 1. The lowest BCUT2D eigenvalue weighted by atomic mass is 10.4. The molecule has 2 aromatic rings. The number of nitrogens with two attached hydrogens (primary N) is 1. The van der Waals surface area contributed by atoms with Gasteiger partial charge in [0.15, 0.2) is 23.1 Å². The molecule has 9 heteroatoms. The Kier molecular flexibility index (Phi) is 8.77. The minimum absolute atomic E-state index is 0.420. The second-order valence-electron chi connectivity index (χ2n) is 5.02. The average Bonchev–Trinajstić information content (AvgIpc) is 2.82. The van der Waals surface area contributed by atoms with Crippen LogP contribution in [-0.2, 0) is 0 Å². The molecule has 0 saturated heterocycles. The Balaban J connectivity index is 0.000000181. The topological polar surface area (TPSA) is 82.3 Å². The maximum absolute atomic E-state index is 5.63. The number of nitrogens with one attached hydrogen (secondary N) is 1. The molecule has 1 aliphatic heterocycles. The summed E-state index contributed by atoms with van der Waals surface area (Å²) < 4.78 is 12.4. The lowest BCUT2D eigenvalue weighted by Gasteiger charge is -2.06. The molecule has 0 spiro atoms. The van der Waals surface area contributed by atoms with Crippen molar-refractivity contribution in [3.63, 3.8) is 0 Å². The number of pyridine rings is 2. The maximum Gasteiger partial charge on any atom is 0.169 e. The van der Waals surface area contributed by atoms with Crippen LogP contribution in [0.1, 0.15) is 12.8 Å². The van der Waals surface area contributed by atoms with Crippen molar-refractivity contribution in [3.05, 3.63) is 33.5 Å². The van der Waals surface area contributed by atoms with Crippen LogP contribution < -0.4 is 20.5 Å². The quantitative estimate of drug-likeness (QED) is 0.335. The highest BCUT2D eigenvalue weighted by Crippen LogP contribution is 2.26. The van der Waals surface area contributed by atoms with Gasteiger partial charge in [-0.2, -0.15) is 0 Å². The molecule has 0 amide bonds. The summed E-state index contributed by atoms with van der Waals surface area (Å²) in [4.78, 5) is 8.26. The number of alkyl halides is 1. The van der Waals surface area contributed by atoms with Crippen LogP contribution in [0.25, 0.3) is 0 Å². The normalized spacial score (nSPS) is 12.6. The Morgan fingerprint density at radius 1 is 1.16 bits per heavy atom. The second kappa shape index (κ2) is 10.8. The van der Waals surface area contributed by atoms with Gasteiger partial charge in [-0.05, 0) is 69.0 Å². The smallest absolute Gasteiger partial charge is 0.169 e. The summed E-state index contributed by atoms with van der Waals surface area (Å²) in [6, 6.07) is 7.41. The fraction of sp³-hybridized carbons (Fsp3) is 0.375. The molecule has 0 saturated carbocycles. The van der Waals surface area contributed by atoms with Crippen LogP contribution in [0.3, 0.4) is 0 Å². The van der Waals surface area contributed by atoms with E-state index in [0.29, 0.717) is 18.2 Å². The van der Waals surface area contributed by atoms with Gasteiger partial charge in [-0.25, -0.2) is 9.97 Å². The number of anilines is 2. The monoisotopic (exact) mass is 536 g/mol. The summed E-state index contributed by atoms with van der Waals surface area (Å²) in [5.74, 6) is 2.74. The van der Waals surface area contributed by atoms with E-state index in [0.717, 1.165) is 52.1 Å². The van der Waals surface area contributed by atoms with E-state index < -0.39 is 0 Å². The molecule has 1 aliphatic rings. The zero-order valence-electron chi connectivity index (χ0n) is 13.5. The lowest BCUT2D eigenvalue weighted by Crippen LogP contribution is -2.02. The van der Waals surface area contributed by atoms with Gasteiger partial charge in [0.1, 0.15) is 9.21 Å². The molecule has 25 heavy (non-hydrogen) atoms. The van der Waals surface area contributed by atoms with Gasteiger partial charge in [-0.1, -0.05) is 15.9 Å². The summed E-state index contributed by atoms with van der Waals surface area (Å²) >= 11 is 9.85. The zero-order chi connectivity index (χ0) is 18.1. The van der Waals surface area contributed by atoms with Crippen molar-refractivity contribution < 1.29 is 9.47 Å². The number of nitrogen functional groups attached to an aromatic ring is 1. The third-order valence-electron chi connectivity index (χ3n) is 3.08. The summed E-state index contributed by atoms with van der Waals surface area (Å²) in [5.41, 5.74) is 5.63. The van der Waals surface area contributed by atoms with Crippen LogP contribution in [-0.4, -0.2) is 35.1 Å². The molecule has 2 aromatic heterocycles. The van der Waals surface area contributed by atoms with E-state index in [2.05, 4.69) is 63.1 Å². The predicted octanol–water partition coefficient (Wildman–Crippen LogP) is 4.63. The van der Waals surface area contributed by atoms with Crippen molar-refractivity contribution in [1.82, 2.24) is 9.97 Å². The highest BCUT2D eigenvalue weighted by Gasteiger charge is 2.08. The van der Waals surface area contributed by atoms with E-state index in [9.17, 15) is 0 Å². The first-order valence-electron chi connectivity index (χ1n) is 7.74. The van der Waals surface area contributed by atoms with Crippen LogP contribution in [0.5, 0.6) is 11.5 Å². The summed E-state index contributed by atoms with van der Waals surface area (Å²) in [7, 11) is 0. The van der Waals surface area contributed by atoms with E-state index in [4.69, 9.17) is 15.2 Å². The molecular formula is C16H19Br3N4O2. The Bertz CT molecular complexity index is 688. The van der Waals surface area contributed by atoms with Gasteiger partial charge in [0.25, 0.3) is 0 Å². The Morgan fingerprint density at radius 3 is 2.68 bits per heavy atom. The number of hydrogen-bond donors (Lipinski definition) is 2. The summed E-state index contributed by atoms with van der Waals surface area (Å²) in [6.45, 7) is 2.35. The molecule has 6 nitrogen and oxygen atoms in total. The lowest BCUT2D eigenvalue weighted by molar-refractivity contribution is 0.319. The number of aromatic nitrogens is 2. The fourth-order valence-corrected chi connectivity index (χ4v) is 2.78. The third kappa shape index (κ3) is 6.99. The molecule has 0 fully saturated rings. The second-order valence-corrected chi connectivity index (χ2v) is 7.44. The Labute approximate surface area is 172 Å². The minimum Gasteiger partial charge on any atom is -0.490 e. The zero-order valence-corrected chi connectivity index (χ0v) is 18.2. The number of halogens is 3. The predicted molar refractivity (Wildman–Crippen MR) is 111 cm³/mol. The molecule has 136 valence electrons. The van der Waals surface area contributed by atoms with Crippen LogP contribution >= 0.6 is 47.8 Å². The molecule has 3 N–H and O–H groups in total. The minimum atomic E-state index is 0.420. The van der Waals surface area contributed by atoms with E-state index in [1.807, 2.05) is 12.1 Å². The molecule has 0 radical (unpaired) electrons. The SMILES string of the molecule is Brc1ccc2c(n1)NCCCO2.Nc1nc(Br)ccc1OCCCBr. The highest BCUT2D eigenvalue weighted by atomic mass is 79.9. The number of hydrogen-bond acceptors (Lipinski definition) is 6. The van der Waals surface area contributed by atoms with Crippen molar-refractivity contribution >= 4 is 59.4 Å². The molecule has 0 bridgehead atoms. The van der Waals surface area contributed by atoms with Gasteiger partial charge in [0.2, 0.25) is 0 Å². The van der Waals surface area contributed by atoms with E-state index in [-0.39, 0.29) is 0 Å². The van der Waals surface area contributed by atoms with Gasteiger partial charge in [-0.3, -0.25) is 0 Å². The first-order chi connectivity index (χ1) is 12.1. The molecule has 0 aromatic carbocycles. The standard InChI is InChI=1S/C8H10Br2N2O.C8H9BrN2O/c9-4-1-5-13-6-2-3-7(10)12-8(6)11;9-7-3-2-6-8(11-7)10-4-1-5-12-6/h2-3H,1,4-5H2,(H2,11,12);2-3H,1,4-5H2,(H,10,11). The van der Waals surface area contributed by atoms with Crippen molar-refractivity contribution in [1.29, 1.82) is 0 Å². The average molecular weight is 539 g/mol. The summed E-state index contributed by atoms with van der Waals surface area (Å²) in [6.07, 6.45) is 1.98. The Hall–Kier alpha value is -1.06. The van der Waals surface area contributed by atoms with E-state index in [1.54, 1.807) is 12.1 Å². The molecule has 3 heterocycles. The molecule has 0 unspecified atom stereocenters. The van der Waals surface area contributed by atoms with Crippen LogP contribution in [0.2, 0.25) is 0 Å². The van der Waals surface area contributed by atoms with Crippen molar-refractivity contribution in [2.75, 3.05) is 36.1 Å². The first-order valence-corrected chi connectivity index (χ1v) is 10.4. The number of ether oxygens (including phenoxy) is 2. The number of nitrogens with zero attached hydrogens (tertiary/aromatic N) is 2. The Morgan fingerprint density at radius 2 is 1.92 bits per heavy atom. The van der Waals surface area contributed by atoms with E-state index >= 15 is 0 Å². The van der Waals surface area contributed by atoms with Crippen LogP contribution in [0.15, 0.2) is 33.5 Å². The molecule has 3 rings (SSSR count). The van der Waals surface area contributed by atoms with Crippen LogP contribution in [0.4, 0.5) is 11.6 Å². The number of rotatable bonds is 4. The maximum atomic E-state index is 5.63. The largest absolute Gasteiger partial charge is 0.490 e. The van der Waals surface area contributed by atoms with Crippen LogP contribution in [0, 0.1) is 0 Å². The molecular weight excluding hydrogens is 520 g/mol. The highest BCUT2D eigenvalue weighted by molar-refractivity contribution is 9.10. The van der Waals surface area contributed by atoms with Crippen molar-refractivity contribution in [2.24, 2.45) is 0 Å². The van der Waals surface area contributed by atoms with Gasteiger partial charge in [0, 0.05) is 11.9 Å². The van der Waals surface area contributed by atoms with Gasteiger partial charge >= 0.3 is 0 Å². The van der Waals surface area contributed by atoms with Gasteiger partial charge in [-0.15, -0.1) is 0 Å². The molecule has 0 aliphatic carbocycles. The molecule has 0 atom stereocenters. The fourth-order valence-electron chi connectivity index (χ4n) is 1.92. The van der Waals surface area contributed by atoms with Crippen molar-refractivity contribution in [3.8, 4) is 11.5 Å². The van der Waals surface area contributed by atoms with Gasteiger partial charge < -0.3 is 20.5 Å². The van der Waals surface area contributed by atoms with Gasteiger partial charge in [0.05, 0.1) is 13.2 Å². The summed E-state index contributed by atoms with van der Waals surface area (Å²) in [5, 5.41) is 4.13. The van der Waals surface area contributed by atoms with Crippen molar-refractivity contribution in [2.45, 2.75) is 12.8 Å². The first kappa shape index (κ1) is 20.3. The van der Waals surface area contributed by atoms with E-state index in [1.165, 1.54) is 0 Å².